The van der Waals surface area contributed by atoms with Gasteiger partial charge in [0.25, 0.3) is 0 Å². The largest absolute Gasteiger partial charge is 0.486 e. The summed E-state index contributed by atoms with van der Waals surface area (Å²) in [5, 5.41) is 9.60. The third-order valence-corrected chi connectivity index (χ3v) is 7.19. The zero-order valence-electron chi connectivity index (χ0n) is 20.7. The molecular formula is C30H30F3NO3. The molecule has 0 radical (unpaired) electrons. The Kier molecular flexibility index (Phi) is 7.26. The number of aliphatic hydroxyl groups excluding tert-OH is 1. The first-order chi connectivity index (χ1) is 17.8. The van der Waals surface area contributed by atoms with Crippen LogP contribution in [0.5, 0.6) is 11.5 Å². The normalized spacial score (nSPS) is 18.0. The zero-order chi connectivity index (χ0) is 26.0. The van der Waals surface area contributed by atoms with Gasteiger partial charge in [0.05, 0.1) is 12.2 Å². The Morgan fingerprint density at radius 2 is 1.76 bits per heavy atom. The van der Waals surface area contributed by atoms with Gasteiger partial charge in [0, 0.05) is 12.6 Å². The highest BCUT2D eigenvalue weighted by Gasteiger charge is 2.33. The van der Waals surface area contributed by atoms with E-state index in [0.717, 1.165) is 53.3 Å². The predicted molar refractivity (Wildman–Crippen MR) is 138 cm³/mol. The summed E-state index contributed by atoms with van der Waals surface area (Å²) in [6.45, 7) is 4.40. The van der Waals surface area contributed by atoms with E-state index in [9.17, 15) is 18.3 Å². The zero-order valence-corrected chi connectivity index (χ0v) is 20.7. The second kappa shape index (κ2) is 10.6. The third kappa shape index (κ3) is 5.53. The summed E-state index contributed by atoms with van der Waals surface area (Å²) < 4.78 is 52.8. The summed E-state index contributed by atoms with van der Waals surface area (Å²) in [6, 6.07) is 16.0. The number of alkyl halides is 3. The van der Waals surface area contributed by atoms with Crippen LogP contribution in [0, 0.1) is 6.92 Å². The Morgan fingerprint density at radius 1 is 0.973 bits per heavy atom. The van der Waals surface area contributed by atoms with E-state index in [2.05, 4.69) is 4.90 Å². The fraction of sp³-hybridized carbons (Fsp3) is 0.333. The molecule has 2 heterocycles. The van der Waals surface area contributed by atoms with Crippen LogP contribution in [0.1, 0.15) is 40.7 Å². The molecule has 0 amide bonds. The highest BCUT2D eigenvalue weighted by molar-refractivity contribution is 5.79. The molecule has 0 aliphatic carbocycles. The van der Waals surface area contributed by atoms with Gasteiger partial charge in [-0.05, 0) is 84.0 Å². The molecule has 1 saturated heterocycles. The van der Waals surface area contributed by atoms with Crippen LogP contribution in [-0.4, -0.2) is 42.4 Å². The second-order valence-corrected chi connectivity index (χ2v) is 9.58. The predicted octanol–water partition coefficient (Wildman–Crippen LogP) is 6.58. The van der Waals surface area contributed by atoms with E-state index >= 15 is 0 Å². The maximum Gasteiger partial charge on any atom is 0.416 e. The van der Waals surface area contributed by atoms with Crippen LogP contribution in [-0.2, 0) is 12.7 Å². The third-order valence-electron chi connectivity index (χ3n) is 7.19. The summed E-state index contributed by atoms with van der Waals surface area (Å²) in [7, 11) is 0. The minimum Gasteiger partial charge on any atom is -0.486 e. The first-order valence-electron chi connectivity index (χ1n) is 12.6. The molecule has 2 aliphatic rings. The Balaban J connectivity index is 1.45. The topological polar surface area (TPSA) is 41.9 Å². The smallest absolute Gasteiger partial charge is 0.416 e. The molecular weight excluding hydrogens is 479 g/mol. The molecule has 194 valence electrons. The van der Waals surface area contributed by atoms with Gasteiger partial charge in [-0.15, -0.1) is 0 Å². The average Bonchev–Trinajstić information content (AvgIpc) is 3.34. The Morgan fingerprint density at radius 3 is 2.54 bits per heavy atom. The molecule has 1 fully saturated rings. The summed E-state index contributed by atoms with van der Waals surface area (Å²) in [6.07, 6.45) is 0.732. The van der Waals surface area contributed by atoms with Crippen LogP contribution < -0.4 is 9.47 Å². The fourth-order valence-electron chi connectivity index (χ4n) is 5.19. The lowest BCUT2D eigenvalue weighted by Gasteiger charge is -2.23. The lowest BCUT2D eigenvalue weighted by molar-refractivity contribution is -0.137. The van der Waals surface area contributed by atoms with Crippen molar-refractivity contribution in [1.29, 1.82) is 0 Å². The number of ether oxygens (including phenoxy) is 2. The van der Waals surface area contributed by atoms with Crippen LogP contribution >= 0.6 is 0 Å². The van der Waals surface area contributed by atoms with Crippen molar-refractivity contribution in [2.45, 2.75) is 38.5 Å². The molecule has 0 aromatic heterocycles. The molecule has 1 unspecified atom stereocenters. The monoisotopic (exact) mass is 509 g/mol. The maximum absolute atomic E-state index is 13.8. The number of fused-ring (bicyclic) bond motifs is 1. The highest BCUT2D eigenvalue weighted by Crippen LogP contribution is 2.37. The summed E-state index contributed by atoms with van der Waals surface area (Å²) in [5.74, 6) is 1.40. The molecule has 0 saturated carbocycles. The summed E-state index contributed by atoms with van der Waals surface area (Å²) in [4.78, 5) is 2.14. The highest BCUT2D eigenvalue weighted by atomic mass is 19.4. The van der Waals surface area contributed by atoms with Crippen molar-refractivity contribution in [2.24, 2.45) is 0 Å². The van der Waals surface area contributed by atoms with E-state index in [1.54, 1.807) is 24.3 Å². The Bertz CT molecular complexity index is 1300. The molecule has 0 bridgehead atoms. The van der Waals surface area contributed by atoms with Crippen LogP contribution in [0.15, 0.2) is 54.6 Å². The molecule has 0 spiro atoms. The minimum absolute atomic E-state index is 0.0619. The van der Waals surface area contributed by atoms with Gasteiger partial charge < -0.3 is 14.6 Å². The average molecular weight is 510 g/mol. The number of hydrogen-bond acceptors (Lipinski definition) is 4. The van der Waals surface area contributed by atoms with Gasteiger partial charge in [0.15, 0.2) is 11.5 Å². The Labute approximate surface area is 215 Å². The van der Waals surface area contributed by atoms with Crippen molar-refractivity contribution in [3.63, 3.8) is 0 Å². The van der Waals surface area contributed by atoms with E-state index in [4.69, 9.17) is 9.47 Å². The number of likely N-dealkylation sites (tertiary alicyclic amines) is 1. The second-order valence-electron chi connectivity index (χ2n) is 9.58. The van der Waals surface area contributed by atoms with E-state index in [-0.39, 0.29) is 18.2 Å². The minimum atomic E-state index is -4.46. The van der Waals surface area contributed by atoms with E-state index in [0.29, 0.717) is 31.3 Å². The van der Waals surface area contributed by atoms with Crippen molar-refractivity contribution in [3.05, 3.63) is 82.4 Å². The van der Waals surface area contributed by atoms with Crippen LogP contribution in [0.3, 0.4) is 0 Å². The lowest BCUT2D eigenvalue weighted by atomic mass is 9.95. The molecule has 4 nitrogen and oxygen atoms in total. The van der Waals surface area contributed by atoms with Gasteiger partial charge in [-0.3, -0.25) is 4.90 Å². The van der Waals surface area contributed by atoms with E-state index in [1.165, 1.54) is 0 Å². The molecule has 3 aromatic carbocycles. The standard InChI is InChI=1S/C30H30F3NO3/c1-20-22(4-2-6-26(20)23-10-12-28-29(17-23)37-15-14-36-28)8-9-24-16-21(7-11-27(24)30(31,32)33)18-34-13-3-5-25(34)19-35/h2,4,6-12,16-17,25,35H,3,5,13-15,18-19H2,1H3. The van der Waals surface area contributed by atoms with Gasteiger partial charge in [-0.25, -0.2) is 0 Å². The van der Waals surface area contributed by atoms with Gasteiger partial charge in [0.2, 0.25) is 0 Å². The molecule has 7 heteroatoms. The van der Waals surface area contributed by atoms with Crippen molar-refractivity contribution in [1.82, 2.24) is 4.90 Å². The number of benzene rings is 3. The molecule has 3 aromatic rings. The maximum atomic E-state index is 13.8. The fourth-order valence-corrected chi connectivity index (χ4v) is 5.19. The molecule has 1 N–H and O–H groups in total. The quantitative estimate of drug-likeness (QED) is 0.381. The number of aliphatic hydroxyl groups is 1. The van der Waals surface area contributed by atoms with Crippen molar-refractivity contribution in [3.8, 4) is 22.6 Å². The van der Waals surface area contributed by atoms with Gasteiger partial charge in [-0.2, -0.15) is 13.2 Å². The Hall–Kier alpha value is -3.29. The molecule has 2 aliphatic heterocycles. The van der Waals surface area contributed by atoms with Crippen molar-refractivity contribution >= 4 is 12.2 Å². The SMILES string of the molecule is Cc1c(C=Cc2cc(CN3CCCC3CO)ccc2C(F)(F)F)cccc1-c1ccc2c(c1)OCCO2. The molecule has 1 atom stereocenters. The van der Waals surface area contributed by atoms with Gasteiger partial charge in [-0.1, -0.05) is 42.5 Å². The van der Waals surface area contributed by atoms with Crippen molar-refractivity contribution in [2.75, 3.05) is 26.4 Å². The van der Waals surface area contributed by atoms with E-state index < -0.39 is 11.7 Å². The molecule has 5 rings (SSSR count). The van der Waals surface area contributed by atoms with Crippen LogP contribution in [0.2, 0.25) is 0 Å². The number of rotatable bonds is 6. The first-order valence-corrected chi connectivity index (χ1v) is 12.6. The van der Waals surface area contributed by atoms with E-state index in [1.807, 2.05) is 43.3 Å². The summed E-state index contributed by atoms with van der Waals surface area (Å²) in [5.41, 5.74) is 4.01. The lowest BCUT2D eigenvalue weighted by Crippen LogP contribution is -2.31. The van der Waals surface area contributed by atoms with Gasteiger partial charge >= 0.3 is 6.18 Å². The summed E-state index contributed by atoms with van der Waals surface area (Å²) >= 11 is 0. The first kappa shape index (κ1) is 25.4. The van der Waals surface area contributed by atoms with Crippen LogP contribution in [0.25, 0.3) is 23.3 Å². The number of hydrogen-bond donors (Lipinski definition) is 1. The van der Waals surface area contributed by atoms with Crippen molar-refractivity contribution < 1.29 is 27.8 Å². The van der Waals surface area contributed by atoms with Crippen LogP contribution in [0.4, 0.5) is 13.2 Å². The molecule has 37 heavy (non-hydrogen) atoms. The van der Waals surface area contributed by atoms with Gasteiger partial charge in [0.1, 0.15) is 13.2 Å². The number of halogens is 3. The number of nitrogens with zero attached hydrogens (tertiary/aromatic N) is 1.